The summed E-state index contributed by atoms with van der Waals surface area (Å²) in [5.41, 5.74) is 7.44. The van der Waals surface area contributed by atoms with Crippen LogP contribution in [0.4, 0.5) is 5.69 Å². The highest BCUT2D eigenvalue weighted by atomic mass is 79.9. The Bertz CT molecular complexity index is 853. The topological polar surface area (TPSA) is 86.9 Å². The highest BCUT2D eigenvalue weighted by molar-refractivity contribution is 9.11. The second-order valence-electron chi connectivity index (χ2n) is 6.55. The smallest absolute Gasteiger partial charge is 0.242 e. The van der Waals surface area contributed by atoms with E-state index in [0.29, 0.717) is 35.0 Å². The maximum Gasteiger partial charge on any atom is 0.242 e. The Labute approximate surface area is 180 Å². The molecule has 147 valence electrons. The van der Waals surface area contributed by atoms with Crippen molar-refractivity contribution in [3.05, 3.63) is 63.4 Å². The van der Waals surface area contributed by atoms with Crippen LogP contribution in [0.25, 0.3) is 0 Å². The van der Waals surface area contributed by atoms with Crippen molar-refractivity contribution in [2.24, 2.45) is 5.73 Å². The number of para-hydroxylation sites is 1. The number of carbonyl (C=O) groups excluding carboxylic acids is 2. The number of carbonyl (C=O) groups is 2. The zero-order chi connectivity index (χ0) is 20.3. The largest absolute Gasteiger partial charge is 0.506 e. The van der Waals surface area contributed by atoms with Crippen LogP contribution < -0.4 is 10.6 Å². The van der Waals surface area contributed by atoms with Gasteiger partial charge in [0.2, 0.25) is 11.8 Å². The van der Waals surface area contributed by atoms with Gasteiger partial charge in [-0.05, 0) is 68.1 Å². The molecule has 0 spiro atoms. The minimum Gasteiger partial charge on any atom is -0.506 e. The summed E-state index contributed by atoms with van der Waals surface area (Å²) in [5, 5.41) is 9.79. The van der Waals surface area contributed by atoms with Gasteiger partial charge in [-0.2, -0.15) is 0 Å². The molecule has 1 heterocycles. The molecular formula is C20H20Br2N3O3. The molecule has 1 aliphatic rings. The van der Waals surface area contributed by atoms with E-state index in [1.54, 1.807) is 18.6 Å². The Hall–Kier alpha value is -2.06. The number of phenols is 1. The number of phenolic OH excluding ortho intramolecular Hbond substituents is 1. The standard InChI is InChI=1S/C20H20Br2N3O3/c21-15-10-13(11-16(22)19(15)27)6-7-18(26)25-9-8-24(12-17(25)20(23)28)14-4-2-1-3-5-14/h1-5,7,10-11,17,27H,6,8-9,12H2,(H2,23,28). The fraction of sp³-hybridized carbons (Fsp3) is 0.250. The minimum atomic E-state index is -0.684. The highest BCUT2D eigenvalue weighted by Gasteiger charge is 2.34. The highest BCUT2D eigenvalue weighted by Crippen LogP contribution is 2.33. The van der Waals surface area contributed by atoms with Crippen LogP contribution >= 0.6 is 31.9 Å². The van der Waals surface area contributed by atoms with Crippen molar-refractivity contribution in [2.75, 3.05) is 24.5 Å². The van der Waals surface area contributed by atoms with Crippen molar-refractivity contribution in [1.29, 1.82) is 0 Å². The summed E-state index contributed by atoms with van der Waals surface area (Å²) in [6.07, 6.45) is 1.92. The van der Waals surface area contributed by atoms with Gasteiger partial charge >= 0.3 is 0 Å². The molecule has 1 unspecified atom stereocenters. The van der Waals surface area contributed by atoms with Crippen LogP contribution in [0.5, 0.6) is 5.75 Å². The van der Waals surface area contributed by atoms with Crippen LogP contribution in [0.3, 0.4) is 0 Å². The fourth-order valence-electron chi connectivity index (χ4n) is 3.22. The number of nitrogens with two attached hydrogens (primary N) is 1. The Balaban J connectivity index is 1.66. The number of rotatable bonds is 5. The average Bonchev–Trinajstić information content (AvgIpc) is 2.70. The lowest BCUT2D eigenvalue weighted by atomic mass is 10.1. The molecule has 1 radical (unpaired) electrons. The van der Waals surface area contributed by atoms with E-state index in [0.717, 1.165) is 11.3 Å². The number of primary amides is 1. The van der Waals surface area contributed by atoms with Gasteiger partial charge in [0.15, 0.2) is 0 Å². The van der Waals surface area contributed by atoms with Crippen LogP contribution in [0, 0.1) is 6.42 Å². The van der Waals surface area contributed by atoms with Crippen molar-refractivity contribution in [1.82, 2.24) is 4.90 Å². The van der Waals surface area contributed by atoms with E-state index in [2.05, 4.69) is 36.8 Å². The quantitative estimate of drug-likeness (QED) is 0.648. The maximum atomic E-state index is 12.7. The Morgan fingerprint density at radius 1 is 1.14 bits per heavy atom. The lowest BCUT2D eigenvalue weighted by molar-refractivity contribution is -0.137. The zero-order valence-corrected chi connectivity index (χ0v) is 18.2. The van der Waals surface area contributed by atoms with Gasteiger partial charge in [0.1, 0.15) is 11.8 Å². The molecule has 2 amide bonds. The Morgan fingerprint density at radius 3 is 2.39 bits per heavy atom. The lowest BCUT2D eigenvalue weighted by Crippen LogP contribution is -2.60. The first-order chi connectivity index (χ1) is 13.4. The molecular weight excluding hydrogens is 490 g/mol. The minimum absolute atomic E-state index is 0.112. The molecule has 1 fully saturated rings. The fourth-order valence-corrected chi connectivity index (χ4v) is 4.50. The Morgan fingerprint density at radius 2 is 1.79 bits per heavy atom. The van der Waals surface area contributed by atoms with E-state index >= 15 is 0 Å². The molecule has 6 nitrogen and oxygen atoms in total. The van der Waals surface area contributed by atoms with E-state index in [4.69, 9.17) is 5.73 Å². The number of aromatic hydroxyl groups is 1. The number of halogens is 2. The monoisotopic (exact) mass is 508 g/mol. The molecule has 3 N–H and O–H groups in total. The molecule has 28 heavy (non-hydrogen) atoms. The molecule has 2 aromatic rings. The summed E-state index contributed by atoms with van der Waals surface area (Å²) in [6, 6.07) is 12.6. The summed E-state index contributed by atoms with van der Waals surface area (Å²) in [4.78, 5) is 28.3. The molecule has 0 bridgehead atoms. The number of benzene rings is 2. The number of hydrogen-bond acceptors (Lipinski definition) is 4. The van der Waals surface area contributed by atoms with Gasteiger partial charge in [0.05, 0.1) is 15.4 Å². The molecule has 1 atom stereocenters. The summed E-state index contributed by atoms with van der Waals surface area (Å²) in [5.74, 6) is -0.629. The molecule has 0 saturated carbocycles. The van der Waals surface area contributed by atoms with E-state index in [-0.39, 0.29) is 11.7 Å². The Kier molecular flexibility index (Phi) is 6.61. The predicted molar refractivity (Wildman–Crippen MR) is 115 cm³/mol. The zero-order valence-electron chi connectivity index (χ0n) is 15.0. The van der Waals surface area contributed by atoms with E-state index < -0.39 is 11.9 Å². The van der Waals surface area contributed by atoms with Crippen molar-refractivity contribution in [3.63, 3.8) is 0 Å². The molecule has 1 saturated heterocycles. The van der Waals surface area contributed by atoms with Crippen LogP contribution in [0.1, 0.15) is 5.56 Å². The third-order valence-corrected chi connectivity index (χ3v) is 5.91. The van der Waals surface area contributed by atoms with Gasteiger partial charge in [-0.3, -0.25) is 9.59 Å². The van der Waals surface area contributed by atoms with Crippen LogP contribution in [0.15, 0.2) is 51.4 Å². The number of piperazine rings is 1. The third kappa shape index (κ3) is 4.67. The maximum absolute atomic E-state index is 12.7. The number of hydrogen-bond donors (Lipinski definition) is 2. The van der Waals surface area contributed by atoms with Crippen molar-refractivity contribution in [3.8, 4) is 5.75 Å². The summed E-state index contributed by atoms with van der Waals surface area (Å²) >= 11 is 6.56. The van der Waals surface area contributed by atoms with Crippen LogP contribution in [-0.2, 0) is 16.0 Å². The van der Waals surface area contributed by atoms with Crippen molar-refractivity contribution >= 4 is 49.4 Å². The second-order valence-corrected chi connectivity index (χ2v) is 8.26. The summed E-state index contributed by atoms with van der Waals surface area (Å²) < 4.78 is 1.09. The molecule has 3 rings (SSSR count). The predicted octanol–water partition coefficient (Wildman–Crippen LogP) is 2.87. The SMILES string of the molecule is NC(=O)C1CN(c2ccccc2)CCN1C(=O)[CH]Cc1cc(Br)c(O)c(Br)c1. The van der Waals surface area contributed by atoms with Crippen molar-refractivity contribution < 1.29 is 14.7 Å². The van der Waals surface area contributed by atoms with Gasteiger partial charge < -0.3 is 20.6 Å². The lowest BCUT2D eigenvalue weighted by Gasteiger charge is -2.41. The van der Waals surface area contributed by atoms with Gasteiger partial charge in [0.25, 0.3) is 0 Å². The van der Waals surface area contributed by atoms with Gasteiger partial charge in [-0.1, -0.05) is 18.2 Å². The molecule has 8 heteroatoms. The molecule has 0 aromatic heterocycles. The third-order valence-electron chi connectivity index (χ3n) is 4.70. The number of amides is 2. The van der Waals surface area contributed by atoms with E-state index in [9.17, 15) is 14.7 Å². The molecule has 0 aliphatic carbocycles. The normalized spacial score (nSPS) is 16.9. The first-order valence-electron chi connectivity index (χ1n) is 8.77. The summed E-state index contributed by atoms with van der Waals surface area (Å²) in [6.45, 7) is 1.42. The van der Waals surface area contributed by atoms with E-state index in [1.807, 2.05) is 30.3 Å². The molecule has 2 aromatic carbocycles. The van der Waals surface area contributed by atoms with Crippen LogP contribution in [-0.4, -0.2) is 47.5 Å². The van der Waals surface area contributed by atoms with Gasteiger partial charge in [0, 0.05) is 25.3 Å². The van der Waals surface area contributed by atoms with Crippen molar-refractivity contribution in [2.45, 2.75) is 12.5 Å². The average molecular weight is 510 g/mol. The van der Waals surface area contributed by atoms with E-state index in [1.165, 1.54) is 4.90 Å². The van der Waals surface area contributed by atoms with Crippen LogP contribution in [0.2, 0.25) is 0 Å². The first-order valence-corrected chi connectivity index (χ1v) is 10.4. The number of nitrogens with zero attached hydrogens (tertiary/aromatic N) is 2. The number of anilines is 1. The van der Waals surface area contributed by atoms with Gasteiger partial charge in [-0.25, -0.2) is 0 Å². The second kappa shape index (κ2) is 8.96. The summed E-state index contributed by atoms with van der Waals surface area (Å²) in [7, 11) is 0. The molecule has 1 aliphatic heterocycles. The first kappa shape index (κ1) is 20.7. The van der Waals surface area contributed by atoms with Gasteiger partial charge in [-0.15, -0.1) is 0 Å².